The number of rotatable bonds is 4. The van der Waals surface area contributed by atoms with Crippen molar-refractivity contribution in [3.8, 4) is 0 Å². The fourth-order valence-corrected chi connectivity index (χ4v) is 1.80. The summed E-state index contributed by atoms with van der Waals surface area (Å²) in [5.74, 6) is -0.302. The van der Waals surface area contributed by atoms with Crippen LogP contribution in [0.5, 0.6) is 0 Å². The van der Waals surface area contributed by atoms with E-state index in [0.717, 1.165) is 5.69 Å². The van der Waals surface area contributed by atoms with Crippen molar-refractivity contribution in [3.63, 3.8) is 0 Å². The molecule has 1 heterocycles. The molecule has 0 aliphatic rings. The first-order valence-electron chi connectivity index (χ1n) is 5.30. The van der Waals surface area contributed by atoms with Gasteiger partial charge >= 0.3 is 0 Å². The molecule has 0 unspecified atom stereocenters. The summed E-state index contributed by atoms with van der Waals surface area (Å²) in [6.45, 7) is 1.11. The van der Waals surface area contributed by atoms with Crippen LogP contribution in [0.15, 0.2) is 30.5 Å². The van der Waals surface area contributed by atoms with Crippen LogP contribution < -0.4 is 5.32 Å². The van der Waals surface area contributed by atoms with E-state index < -0.39 is 0 Å². The molecule has 1 aromatic heterocycles. The van der Waals surface area contributed by atoms with Crippen molar-refractivity contribution in [2.24, 2.45) is 0 Å². The van der Waals surface area contributed by atoms with Crippen molar-refractivity contribution in [2.75, 3.05) is 7.05 Å². The number of hydrogen-bond donors (Lipinski definition) is 1. The number of benzene rings is 1. The zero-order chi connectivity index (χ0) is 12.3. The molecule has 1 aromatic carbocycles. The lowest BCUT2D eigenvalue weighted by atomic mass is 10.2. The molecular formula is C12H13ClFN3. The lowest BCUT2D eigenvalue weighted by Gasteiger charge is -2.08. The summed E-state index contributed by atoms with van der Waals surface area (Å²) < 4.78 is 15.4. The van der Waals surface area contributed by atoms with Crippen LogP contribution in [0.25, 0.3) is 0 Å². The van der Waals surface area contributed by atoms with E-state index in [9.17, 15) is 4.39 Å². The van der Waals surface area contributed by atoms with Gasteiger partial charge in [0.2, 0.25) is 0 Å². The van der Waals surface area contributed by atoms with Gasteiger partial charge in [-0.1, -0.05) is 17.7 Å². The van der Waals surface area contributed by atoms with Gasteiger partial charge in [-0.25, -0.2) is 4.39 Å². The van der Waals surface area contributed by atoms with E-state index in [4.69, 9.17) is 11.6 Å². The van der Waals surface area contributed by atoms with E-state index in [0.29, 0.717) is 23.7 Å². The highest BCUT2D eigenvalue weighted by Crippen LogP contribution is 2.16. The van der Waals surface area contributed by atoms with Crippen LogP contribution in [-0.4, -0.2) is 16.8 Å². The average molecular weight is 254 g/mol. The van der Waals surface area contributed by atoms with E-state index in [1.165, 1.54) is 6.07 Å². The van der Waals surface area contributed by atoms with E-state index in [1.54, 1.807) is 23.0 Å². The molecule has 0 radical (unpaired) electrons. The first-order chi connectivity index (χ1) is 8.20. The Balaban J connectivity index is 2.22. The third-order valence-electron chi connectivity index (χ3n) is 2.50. The Hall–Kier alpha value is -1.39. The van der Waals surface area contributed by atoms with Crippen molar-refractivity contribution in [2.45, 2.75) is 13.1 Å². The molecule has 0 saturated carbocycles. The molecule has 5 heteroatoms. The highest BCUT2D eigenvalue weighted by Gasteiger charge is 2.07. The second-order valence-corrected chi connectivity index (χ2v) is 4.18. The molecule has 0 atom stereocenters. The summed E-state index contributed by atoms with van der Waals surface area (Å²) in [7, 11) is 1.86. The van der Waals surface area contributed by atoms with Crippen LogP contribution in [0.2, 0.25) is 5.02 Å². The van der Waals surface area contributed by atoms with Gasteiger partial charge in [-0.05, 0) is 25.2 Å². The molecule has 3 nitrogen and oxygen atoms in total. The number of hydrogen-bond acceptors (Lipinski definition) is 2. The smallest absolute Gasteiger partial charge is 0.129 e. The second-order valence-electron chi connectivity index (χ2n) is 3.75. The van der Waals surface area contributed by atoms with Crippen molar-refractivity contribution in [1.29, 1.82) is 0 Å². The summed E-state index contributed by atoms with van der Waals surface area (Å²) in [5, 5.41) is 7.62. The zero-order valence-electron chi connectivity index (χ0n) is 9.45. The minimum atomic E-state index is -0.302. The Bertz CT molecular complexity index is 510. The maximum absolute atomic E-state index is 13.6. The Labute approximate surface area is 104 Å². The SMILES string of the molecule is CNCc1ccnn1Cc1ccc(Cl)cc1F. The molecule has 0 fully saturated rings. The maximum Gasteiger partial charge on any atom is 0.129 e. The average Bonchev–Trinajstić information content (AvgIpc) is 2.71. The summed E-state index contributed by atoms with van der Waals surface area (Å²) in [6.07, 6.45) is 1.71. The third-order valence-corrected chi connectivity index (χ3v) is 2.73. The fraction of sp³-hybridized carbons (Fsp3) is 0.250. The van der Waals surface area contributed by atoms with Crippen molar-refractivity contribution in [1.82, 2.24) is 15.1 Å². The van der Waals surface area contributed by atoms with Gasteiger partial charge in [0.05, 0.1) is 12.2 Å². The minimum Gasteiger partial charge on any atom is -0.314 e. The maximum atomic E-state index is 13.6. The van der Waals surface area contributed by atoms with Gasteiger partial charge in [0.15, 0.2) is 0 Å². The van der Waals surface area contributed by atoms with E-state index in [-0.39, 0.29) is 5.82 Å². The molecular weight excluding hydrogens is 241 g/mol. The third kappa shape index (κ3) is 2.84. The molecule has 0 amide bonds. The molecule has 0 bridgehead atoms. The van der Waals surface area contributed by atoms with Crippen LogP contribution in [0.1, 0.15) is 11.3 Å². The second kappa shape index (κ2) is 5.29. The molecule has 17 heavy (non-hydrogen) atoms. The highest BCUT2D eigenvalue weighted by molar-refractivity contribution is 6.30. The quantitative estimate of drug-likeness (QED) is 0.907. The number of aromatic nitrogens is 2. The fourth-order valence-electron chi connectivity index (χ4n) is 1.64. The number of halogens is 2. The molecule has 1 N–H and O–H groups in total. The minimum absolute atomic E-state index is 0.302. The van der Waals surface area contributed by atoms with Crippen LogP contribution in [0.3, 0.4) is 0 Å². The van der Waals surface area contributed by atoms with Gasteiger partial charge in [0, 0.05) is 23.3 Å². The highest BCUT2D eigenvalue weighted by atomic mass is 35.5. The van der Waals surface area contributed by atoms with Crippen LogP contribution in [0, 0.1) is 5.82 Å². The normalized spacial score (nSPS) is 10.8. The van der Waals surface area contributed by atoms with E-state index >= 15 is 0 Å². The Morgan fingerprint density at radius 1 is 1.41 bits per heavy atom. The van der Waals surface area contributed by atoms with Gasteiger partial charge in [-0.2, -0.15) is 5.10 Å². The summed E-state index contributed by atoms with van der Waals surface area (Å²) in [5.41, 5.74) is 1.59. The monoisotopic (exact) mass is 253 g/mol. The van der Waals surface area contributed by atoms with Crippen molar-refractivity contribution in [3.05, 3.63) is 52.6 Å². The van der Waals surface area contributed by atoms with Crippen molar-refractivity contribution >= 4 is 11.6 Å². The van der Waals surface area contributed by atoms with Gasteiger partial charge < -0.3 is 5.32 Å². The topological polar surface area (TPSA) is 29.9 Å². The van der Waals surface area contributed by atoms with Gasteiger partial charge in [0.25, 0.3) is 0 Å². The lowest BCUT2D eigenvalue weighted by Crippen LogP contribution is -2.13. The van der Waals surface area contributed by atoms with Crippen LogP contribution >= 0.6 is 11.6 Å². The van der Waals surface area contributed by atoms with E-state index in [1.807, 2.05) is 13.1 Å². The lowest BCUT2D eigenvalue weighted by molar-refractivity contribution is 0.569. The largest absolute Gasteiger partial charge is 0.314 e. The van der Waals surface area contributed by atoms with Gasteiger partial charge in [-0.15, -0.1) is 0 Å². The van der Waals surface area contributed by atoms with Crippen LogP contribution in [-0.2, 0) is 13.1 Å². The summed E-state index contributed by atoms with van der Waals surface area (Å²) >= 11 is 5.71. The predicted octanol–water partition coefficient (Wildman–Crippen LogP) is 2.44. The zero-order valence-corrected chi connectivity index (χ0v) is 10.2. The summed E-state index contributed by atoms with van der Waals surface area (Å²) in [4.78, 5) is 0. The first kappa shape index (κ1) is 12.1. The molecule has 0 saturated heterocycles. The van der Waals surface area contributed by atoms with Gasteiger partial charge in [0.1, 0.15) is 5.82 Å². The Kier molecular flexibility index (Phi) is 3.76. The predicted molar refractivity (Wildman–Crippen MR) is 65.5 cm³/mol. The molecule has 90 valence electrons. The Morgan fingerprint density at radius 2 is 2.24 bits per heavy atom. The molecule has 0 aliphatic heterocycles. The van der Waals surface area contributed by atoms with Crippen LogP contribution in [0.4, 0.5) is 4.39 Å². The van der Waals surface area contributed by atoms with Crippen molar-refractivity contribution < 1.29 is 4.39 Å². The molecule has 0 aliphatic carbocycles. The number of nitrogens with zero attached hydrogens (tertiary/aromatic N) is 2. The molecule has 0 spiro atoms. The standard InChI is InChI=1S/C12H13ClFN3/c1-15-7-11-4-5-16-17(11)8-9-2-3-10(13)6-12(9)14/h2-6,15H,7-8H2,1H3. The first-order valence-corrected chi connectivity index (χ1v) is 5.67. The summed E-state index contributed by atoms with van der Waals surface area (Å²) in [6, 6.07) is 6.59. The Morgan fingerprint density at radius 3 is 2.94 bits per heavy atom. The van der Waals surface area contributed by atoms with E-state index in [2.05, 4.69) is 10.4 Å². The molecule has 2 aromatic rings. The number of nitrogens with one attached hydrogen (secondary N) is 1. The van der Waals surface area contributed by atoms with Gasteiger partial charge in [-0.3, -0.25) is 4.68 Å². The molecule has 2 rings (SSSR count).